The van der Waals surface area contributed by atoms with Crippen LogP contribution in [0.2, 0.25) is 0 Å². The van der Waals surface area contributed by atoms with Crippen molar-refractivity contribution in [3.63, 3.8) is 0 Å². The Morgan fingerprint density at radius 3 is 2.65 bits per heavy atom. The second kappa shape index (κ2) is 6.89. The summed E-state index contributed by atoms with van der Waals surface area (Å²) < 4.78 is 0. The molecule has 2 rings (SSSR count). The topological polar surface area (TPSA) is 55.1 Å². The average Bonchev–Trinajstić information content (AvgIpc) is 2.48. The molecule has 1 fully saturated rings. The van der Waals surface area contributed by atoms with Gasteiger partial charge in [0.15, 0.2) is 0 Å². The first-order valence-electron chi connectivity index (χ1n) is 7.68. The minimum absolute atomic E-state index is 0.0487. The van der Waals surface area contributed by atoms with E-state index in [4.69, 9.17) is 5.73 Å². The van der Waals surface area contributed by atoms with E-state index in [0.29, 0.717) is 11.8 Å². The number of nitrogens with two attached hydrogens (primary N) is 1. The molecule has 0 aromatic heterocycles. The van der Waals surface area contributed by atoms with Gasteiger partial charge in [0.1, 0.15) is 0 Å². The van der Waals surface area contributed by atoms with E-state index in [-0.39, 0.29) is 5.91 Å². The Kier molecular flexibility index (Phi) is 5.18. The van der Waals surface area contributed by atoms with Crippen molar-refractivity contribution in [2.45, 2.75) is 39.5 Å². The molecule has 1 aromatic rings. The molecule has 0 heterocycles. The highest BCUT2D eigenvalue weighted by molar-refractivity contribution is 5.95. The van der Waals surface area contributed by atoms with Gasteiger partial charge in [-0.15, -0.1) is 0 Å². The molecule has 3 heteroatoms. The lowest BCUT2D eigenvalue weighted by molar-refractivity contribution is 0.0934. The minimum Gasteiger partial charge on any atom is -0.352 e. The predicted octanol–water partition coefficient (Wildman–Crippen LogP) is 2.80. The Bertz CT molecular complexity index is 470. The van der Waals surface area contributed by atoms with Gasteiger partial charge >= 0.3 is 0 Å². The molecule has 20 heavy (non-hydrogen) atoms. The smallest absolute Gasteiger partial charge is 0.251 e. The Balaban J connectivity index is 1.96. The van der Waals surface area contributed by atoms with Gasteiger partial charge in [-0.2, -0.15) is 0 Å². The van der Waals surface area contributed by atoms with Gasteiger partial charge in [-0.1, -0.05) is 25.0 Å². The van der Waals surface area contributed by atoms with E-state index in [2.05, 4.69) is 5.32 Å². The van der Waals surface area contributed by atoms with Crippen LogP contribution in [0.4, 0.5) is 0 Å². The lowest BCUT2D eigenvalue weighted by atomic mass is 9.79. The Morgan fingerprint density at radius 1 is 1.25 bits per heavy atom. The molecule has 1 aliphatic rings. The molecule has 1 amide bonds. The SMILES string of the molecule is Cc1cccc(C(=O)NCC2CCCCC2CN)c1C. The van der Waals surface area contributed by atoms with Gasteiger partial charge in [-0.05, 0) is 62.3 Å². The molecule has 0 radical (unpaired) electrons. The zero-order valence-corrected chi connectivity index (χ0v) is 12.6. The van der Waals surface area contributed by atoms with E-state index in [0.717, 1.165) is 29.8 Å². The van der Waals surface area contributed by atoms with Crippen molar-refractivity contribution in [2.75, 3.05) is 13.1 Å². The van der Waals surface area contributed by atoms with E-state index >= 15 is 0 Å². The molecule has 1 aliphatic carbocycles. The molecule has 0 aliphatic heterocycles. The molecular formula is C17H26N2O. The van der Waals surface area contributed by atoms with Crippen molar-refractivity contribution < 1.29 is 4.79 Å². The Hall–Kier alpha value is -1.35. The summed E-state index contributed by atoms with van der Waals surface area (Å²) >= 11 is 0. The Labute approximate surface area is 121 Å². The number of hydrogen-bond acceptors (Lipinski definition) is 2. The number of amides is 1. The first-order chi connectivity index (χ1) is 9.63. The summed E-state index contributed by atoms with van der Waals surface area (Å²) in [5, 5.41) is 3.11. The van der Waals surface area contributed by atoms with E-state index < -0.39 is 0 Å². The maximum atomic E-state index is 12.3. The van der Waals surface area contributed by atoms with E-state index in [1.807, 2.05) is 32.0 Å². The van der Waals surface area contributed by atoms with Crippen LogP contribution in [0, 0.1) is 25.7 Å². The monoisotopic (exact) mass is 274 g/mol. The van der Waals surface area contributed by atoms with Crippen molar-refractivity contribution in [3.8, 4) is 0 Å². The van der Waals surface area contributed by atoms with Gasteiger partial charge in [-0.25, -0.2) is 0 Å². The molecule has 1 saturated carbocycles. The molecule has 1 aromatic carbocycles. The Morgan fingerprint density at radius 2 is 1.95 bits per heavy atom. The van der Waals surface area contributed by atoms with E-state index in [1.165, 1.54) is 25.7 Å². The number of hydrogen-bond donors (Lipinski definition) is 2. The van der Waals surface area contributed by atoms with Gasteiger partial charge in [0.2, 0.25) is 0 Å². The summed E-state index contributed by atoms with van der Waals surface area (Å²) in [6.07, 6.45) is 4.94. The third-order valence-corrected chi connectivity index (χ3v) is 4.74. The zero-order chi connectivity index (χ0) is 14.5. The molecule has 2 atom stereocenters. The van der Waals surface area contributed by atoms with Crippen molar-refractivity contribution in [1.29, 1.82) is 0 Å². The van der Waals surface area contributed by atoms with E-state index in [9.17, 15) is 4.79 Å². The lowest BCUT2D eigenvalue weighted by Gasteiger charge is -2.30. The molecule has 2 unspecified atom stereocenters. The van der Waals surface area contributed by atoms with Crippen molar-refractivity contribution >= 4 is 5.91 Å². The highest BCUT2D eigenvalue weighted by Gasteiger charge is 2.24. The van der Waals surface area contributed by atoms with Crippen LogP contribution in [0.1, 0.15) is 47.2 Å². The molecule has 0 bridgehead atoms. The largest absolute Gasteiger partial charge is 0.352 e. The first-order valence-corrected chi connectivity index (χ1v) is 7.68. The summed E-state index contributed by atoms with van der Waals surface area (Å²) in [6, 6.07) is 5.89. The fourth-order valence-electron chi connectivity index (χ4n) is 3.18. The highest BCUT2D eigenvalue weighted by Crippen LogP contribution is 2.28. The van der Waals surface area contributed by atoms with Crippen molar-refractivity contribution in [3.05, 3.63) is 34.9 Å². The van der Waals surface area contributed by atoms with Crippen LogP contribution in [0.5, 0.6) is 0 Å². The van der Waals surface area contributed by atoms with Crippen molar-refractivity contribution in [1.82, 2.24) is 5.32 Å². The summed E-state index contributed by atoms with van der Waals surface area (Å²) in [5.41, 5.74) is 8.87. The summed E-state index contributed by atoms with van der Waals surface area (Å²) in [4.78, 5) is 12.3. The normalized spacial score (nSPS) is 22.6. The minimum atomic E-state index is 0.0487. The number of nitrogens with one attached hydrogen (secondary N) is 1. The number of carbonyl (C=O) groups is 1. The number of aryl methyl sites for hydroxylation is 1. The molecule has 0 spiro atoms. The van der Waals surface area contributed by atoms with Crippen LogP contribution < -0.4 is 11.1 Å². The van der Waals surface area contributed by atoms with Crippen LogP contribution >= 0.6 is 0 Å². The van der Waals surface area contributed by atoms with Gasteiger partial charge in [0.25, 0.3) is 5.91 Å². The third kappa shape index (κ3) is 3.40. The molecule has 0 saturated heterocycles. The molecule has 3 nitrogen and oxygen atoms in total. The van der Waals surface area contributed by atoms with E-state index in [1.54, 1.807) is 0 Å². The quantitative estimate of drug-likeness (QED) is 0.887. The zero-order valence-electron chi connectivity index (χ0n) is 12.6. The van der Waals surface area contributed by atoms with Gasteiger partial charge in [-0.3, -0.25) is 4.79 Å². The standard InChI is InChI=1S/C17H26N2O/c1-12-6-5-9-16(13(12)2)17(20)19-11-15-8-4-3-7-14(15)10-18/h5-6,9,14-15H,3-4,7-8,10-11,18H2,1-2H3,(H,19,20). The third-order valence-electron chi connectivity index (χ3n) is 4.74. The maximum Gasteiger partial charge on any atom is 0.251 e. The van der Waals surface area contributed by atoms with Gasteiger partial charge in [0, 0.05) is 12.1 Å². The molecule has 110 valence electrons. The number of carbonyl (C=O) groups excluding carboxylic acids is 1. The molecule has 3 N–H and O–H groups in total. The molecular weight excluding hydrogens is 248 g/mol. The first kappa shape index (κ1) is 15.0. The second-order valence-corrected chi connectivity index (χ2v) is 6.00. The average molecular weight is 274 g/mol. The fourth-order valence-corrected chi connectivity index (χ4v) is 3.18. The summed E-state index contributed by atoms with van der Waals surface area (Å²) in [7, 11) is 0. The van der Waals surface area contributed by atoms with Crippen LogP contribution in [-0.2, 0) is 0 Å². The van der Waals surface area contributed by atoms with Gasteiger partial charge < -0.3 is 11.1 Å². The van der Waals surface area contributed by atoms with Crippen molar-refractivity contribution in [2.24, 2.45) is 17.6 Å². The summed E-state index contributed by atoms with van der Waals surface area (Å²) in [6.45, 7) is 5.54. The van der Waals surface area contributed by atoms with Crippen LogP contribution in [-0.4, -0.2) is 19.0 Å². The predicted molar refractivity (Wildman–Crippen MR) is 82.8 cm³/mol. The maximum absolute atomic E-state index is 12.3. The number of benzene rings is 1. The lowest BCUT2D eigenvalue weighted by Crippen LogP contribution is -2.37. The second-order valence-electron chi connectivity index (χ2n) is 6.00. The fraction of sp³-hybridized carbons (Fsp3) is 0.588. The van der Waals surface area contributed by atoms with Crippen LogP contribution in [0.15, 0.2) is 18.2 Å². The highest BCUT2D eigenvalue weighted by atomic mass is 16.1. The van der Waals surface area contributed by atoms with Gasteiger partial charge in [0.05, 0.1) is 0 Å². The van der Waals surface area contributed by atoms with Crippen LogP contribution in [0.25, 0.3) is 0 Å². The number of rotatable bonds is 4. The van der Waals surface area contributed by atoms with Crippen LogP contribution in [0.3, 0.4) is 0 Å². The summed E-state index contributed by atoms with van der Waals surface area (Å²) in [5.74, 6) is 1.16.